The van der Waals surface area contributed by atoms with Crippen LogP contribution in [0.2, 0.25) is 0 Å². The number of aliphatic imine (C=N–C) groups is 1. The van der Waals surface area contributed by atoms with E-state index in [2.05, 4.69) is 20.6 Å². The van der Waals surface area contributed by atoms with Gasteiger partial charge in [0.05, 0.1) is 13.2 Å². The fraction of sp³-hybridized carbons (Fsp3) is 0.368. The fourth-order valence-electron chi connectivity index (χ4n) is 2.57. The number of fused-ring (bicyclic) bond motifs is 1. The van der Waals surface area contributed by atoms with Crippen molar-refractivity contribution < 1.29 is 27.4 Å². The predicted octanol–water partition coefficient (Wildman–Crippen LogP) is 3.37. The number of ether oxygens (including phenoxy) is 3. The molecule has 0 saturated carbocycles. The summed E-state index contributed by atoms with van der Waals surface area (Å²) in [6.07, 6.45) is -2.25. The van der Waals surface area contributed by atoms with Crippen molar-refractivity contribution in [3.8, 4) is 17.4 Å². The molecule has 1 aromatic carbocycles. The Balaban J connectivity index is 1.62. The maximum atomic E-state index is 12.4. The number of alkyl halides is 3. The Labute approximate surface area is 165 Å². The summed E-state index contributed by atoms with van der Waals surface area (Å²) in [5, 5.41) is 6.14. The Hall–Kier alpha value is -3.17. The third-order valence-corrected chi connectivity index (χ3v) is 3.90. The van der Waals surface area contributed by atoms with Crippen molar-refractivity contribution in [3.05, 3.63) is 42.1 Å². The van der Waals surface area contributed by atoms with Crippen LogP contribution < -0.4 is 24.8 Å². The van der Waals surface area contributed by atoms with Crippen molar-refractivity contribution in [2.24, 2.45) is 4.99 Å². The van der Waals surface area contributed by atoms with E-state index in [1.165, 1.54) is 6.20 Å². The van der Waals surface area contributed by atoms with E-state index in [-0.39, 0.29) is 12.4 Å². The molecule has 2 N–H and O–H groups in total. The summed E-state index contributed by atoms with van der Waals surface area (Å²) in [4.78, 5) is 8.00. The lowest BCUT2D eigenvalue weighted by molar-refractivity contribution is -0.154. The second-order valence-corrected chi connectivity index (χ2v) is 6.13. The number of anilines is 1. The van der Waals surface area contributed by atoms with E-state index in [1.54, 1.807) is 31.3 Å². The Kier molecular flexibility index (Phi) is 6.63. The van der Waals surface area contributed by atoms with E-state index < -0.39 is 12.8 Å². The van der Waals surface area contributed by atoms with E-state index in [4.69, 9.17) is 14.2 Å². The van der Waals surface area contributed by atoms with Gasteiger partial charge in [-0.05, 0) is 18.2 Å². The van der Waals surface area contributed by atoms with Crippen LogP contribution in [0.25, 0.3) is 0 Å². The predicted molar refractivity (Wildman–Crippen MR) is 102 cm³/mol. The van der Waals surface area contributed by atoms with Crippen molar-refractivity contribution in [2.75, 3.05) is 32.2 Å². The van der Waals surface area contributed by atoms with Crippen LogP contribution in [0.15, 0.2) is 41.5 Å². The summed E-state index contributed by atoms with van der Waals surface area (Å²) in [5.74, 6) is 1.66. The number of nitrogens with zero attached hydrogens (tertiary/aromatic N) is 2. The first-order valence-electron chi connectivity index (χ1n) is 8.95. The lowest BCUT2D eigenvalue weighted by atomic mass is 10.2. The van der Waals surface area contributed by atoms with Crippen LogP contribution in [0.1, 0.15) is 12.0 Å². The highest BCUT2D eigenvalue weighted by atomic mass is 19.4. The lowest BCUT2D eigenvalue weighted by Gasteiger charge is -2.15. The largest absolute Gasteiger partial charge is 0.490 e. The SMILES string of the molecule is CN=C(NCc1cccnc1OCC(F)(F)F)Nc1ccc2c(c1)OCCCO2. The number of pyridine rings is 1. The van der Waals surface area contributed by atoms with E-state index in [0.717, 1.165) is 12.1 Å². The highest BCUT2D eigenvalue weighted by Crippen LogP contribution is 2.32. The standard InChI is InChI=1S/C19H21F3N4O3/c1-23-18(26-14-5-6-15-16(10-14)28-9-3-8-27-15)25-11-13-4-2-7-24-17(13)29-12-19(20,21)22/h2,4-7,10H,3,8-9,11-12H2,1H3,(H2,23,25,26). The Morgan fingerprint density at radius 3 is 2.76 bits per heavy atom. The Morgan fingerprint density at radius 1 is 1.21 bits per heavy atom. The van der Waals surface area contributed by atoms with E-state index in [0.29, 0.717) is 36.2 Å². The van der Waals surface area contributed by atoms with Crippen LogP contribution in [-0.4, -0.2) is 44.0 Å². The van der Waals surface area contributed by atoms with E-state index in [1.807, 2.05) is 6.07 Å². The number of rotatable bonds is 5. The van der Waals surface area contributed by atoms with E-state index >= 15 is 0 Å². The number of hydrogen-bond donors (Lipinski definition) is 2. The van der Waals surface area contributed by atoms with Crippen LogP contribution in [0.5, 0.6) is 17.4 Å². The van der Waals surface area contributed by atoms with Gasteiger partial charge in [-0.2, -0.15) is 13.2 Å². The maximum absolute atomic E-state index is 12.4. The molecule has 0 radical (unpaired) electrons. The molecule has 0 amide bonds. The highest BCUT2D eigenvalue weighted by Gasteiger charge is 2.29. The summed E-state index contributed by atoms with van der Waals surface area (Å²) in [6.45, 7) is -0.0512. The van der Waals surface area contributed by atoms with Crippen LogP contribution in [0.4, 0.5) is 18.9 Å². The van der Waals surface area contributed by atoms with Gasteiger partial charge in [0.2, 0.25) is 5.88 Å². The van der Waals surface area contributed by atoms with Gasteiger partial charge in [0.15, 0.2) is 24.1 Å². The van der Waals surface area contributed by atoms with Gasteiger partial charge in [0.25, 0.3) is 0 Å². The van der Waals surface area contributed by atoms with Crippen LogP contribution >= 0.6 is 0 Å². The molecule has 0 unspecified atom stereocenters. The number of nitrogens with one attached hydrogen (secondary N) is 2. The number of benzene rings is 1. The monoisotopic (exact) mass is 410 g/mol. The minimum Gasteiger partial charge on any atom is -0.490 e. The highest BCUT2D eigenvalue weighted by molar-refractivity contribution is 5.93. The molecule has 2 aromatic rings. The first kappa shape index (κ1) is 20.6. The summed E-state index contributed by atoms with van der Waals surface area (Å²) >= 11 is 0. The minimum atomic E-state index is -4.43. The number of aromatic nitrogens is 1. The molecule has 0 bridgehead atoms. The first-order valence-corrected chi connectivity index (χ1v) is 8.95. The molecule has 0 spiro atoms. The molecule has 0 fully saturated rings. The molecule has 0 atom stereocenters. The molecule has 29 heavy (non-hydrogen) atoms. The normalized spacial score (nSPS) is 14.1. The third kappa shape index (κ3) is 6.16. The van der Waals surface area contributed by atoms with Gasteiger partial charge in [0.1, 0.15) is 0 Å². The maximum Gasteiger partial charge on any atom is 0.422 e. The van der Waals surface area contributed by atoms with Gasteiger partial charge in [-0.3, -0.25) is 4.99 Å². The van der Waals surface area contributed by atoms with Crippen molar-refractivity contribution >= 4 is 11.6 Å². The molecular weight excluding hydrogens is 389 g/mol. The number of hydrogen-bond acceptors (Lipinski definition) is 5. The Morgan fingerprint density at radius 2 is 2.00 bits per heavy atom. The summed E-state index contributed by atoms with van der Waals surface area (Å²) < 4.78 is 53.3. The third-order valence-electron chi connectivity index (χ3n) is 3.90. The smallest absolute Gasteiger partial charge is 0.422 e. The second kappa shape index (κ2) is 9.35. The van der Waals surface area contributed by atoms with Gasteiger partial charge >= 0.3 is 6.18 Å². The number of guanidine groups is 1. The average molecular weight is 410 g/mol. The van der Waals surface area contributed by atoms with Crippen molar-refractivity contribution in [2.45, 2.75) is 19.1 Å². The molecule has 10 heteroatoms. The molecule has 156 valence electrons. The molecule has 2 heterocycles. The number of halogens is 3. The fourth-order valence-corrected chi connectivity index (χ4v) is 2.57. The molecule has 3 rings (SSSR count). The molecule has 0 aliphatic carbocycles. The van der Waals surface area contributed by atoms with Crippen LogP contribution in [-0.2, 0) is 6.54 Å². The first-order chi connectivity index (χ1) is 13.9. The van der Waals surface area contributed by atoms with Gasteiger partial charge < -0.3 is 24.8 Å². The van der Waals surface area contributed by atoms with Gasteiger partial charge in [-0.1, -0.05) is 6.07 Å². The molecule has 1 aromatic heterocycles. The van der Waals surface area contributed by atoms with Gasteiger partial charge in [-0.15, -0.1) is 0 Å². The summed E-state index contributed by atoms with van der Waals surface area (Å²) in [6, 6.07) is 8.68. The Bertz CT molecular complexity index is 859. The zero-order chi connectivity index (χ0) is 20.7. The summed E-state index contributed by atoms with van der Waals surface area (Å²) in [5.41, 5.74) is 1.19. The topological polar surface area (TPSA) is 77.0 Å². The second-order valence-electron chi connectivity index (χ2n) is 6.13. The van der Waals surface area contributed by atoms with Crippen molar-refractivity contribution in [1.29, 1.82) is 0 Å². The molecular formula is C19H21F3N4O3. The lowest BCUT2D eigenvalue weighted by Crippen LogP contribution is -2.30. The zero-order valence-corrected chi connectivity index (χ0v) is 15.8. The molecule has 1 aliphatic heterocycles. The zero-order valence-electron chi connectivity index (χ0n) is 15.8. The van der Waals surface area contributed by atoms with Crippen LogP contribution in [0.3, 0.4) is 0 Å². The molecule has 7 nitrogen and oxygen atoms in total. The quantitative estimate of drug-likeness (QED) is 0.582. The van der Waals surface area contributed by atoms with Gasteiger partial charge in [-0.25, -0.2) is 4.98 Å². The summed E-state index contributed by atoms with van der Waals surface area (Å²) in [7, 11) is 1.59. The minimum absolute atomic E-state index is 0.0802. The van der Waals surface area contributed by atoms with E-state index in [9.17, 15) is 13.2 Å². The average Bonchev–Trinajstić information content (AvgIpc) is 2.94. The van der Waals surface area contributed by atoms with Crippen molar-refractivity contribution in [3.63, 3.8) is 0 Å². The van der Waals surface area contributed by atoms with Crippen LogP contribution in [0, 0.1) is 0 Å². The molecule has 1 aliphatic rings. The molecule has 0 saturated heterocycles. The van der Waals surface area contributed by atoms with Crippen molar-refractivity contribution in [1.82, 2.24) is 10.3 Å². The van der Waals surface area contributed by atoms with Gasteiger partial charge in [0, 0.05) is 43.5 Å².